The largest absolute Gasteiger partial charge is 0.503 e. The van der Waals surface area contributed by atoms with Crippen molar-refractivity contribution in [3.63, 3.8) is 0 Å². The van der Waals surface area contributed by atoms with E-state index in [0.717, 1.165) is 0 Å². The highest BCUT2D eigenvalue weighted by atomic mass is 35.5. The van der Waals surface area contributed by atoms with Crippen molar-refractivity contribution in [1.29, 1.82) is 0 Å². The molecule has 8 heteroatoms. The molecule has 1 heterocycles. The quantitative estimate of drug-likeness (QED) is 0.679. The van der Waals surface area contributed by atoms with Crippen molar-refractivity contribution in [3.05, 3.63) is 22.7 Å². The van der Waals surface area contributed by atoms with Crippen molar-refractivity contribution >= 4 is 52.0 Å². The Morgan fingerprint density at radius 2 is 2.40 bits per heavy atom. The average Bonchev–Trinajstić information content (AvgIpc) is 2.72. The second-order valence-corrected chi connectivity index (χ2v) is 5.80. The number of halogens is 1. The molecule has 106 valence electrons. The molecule has 2 rings (SSSR count). The van der Waals surface area contributed by atoms with Gasteiger partial charge in [-0.15, -0.1) is 0 Å². The zero-order valence-corrected chi connectivity index (χ0v) is 12.9. The molecule has 1 aliphatic heterocycles. The van der Waals surface area contributed by atoms with E-state index < -0.39 is 0 Å². The van der Waals surface area contributed by atoms with E-state index in [9.17, 15) is 9.90 Å². The van der Waals surface area contributed by atoms with Crippen LogP contribution in [0, 0.1) is 0 Å². The van der Waals surface area contributed by atoms with E-state index >= 15 is 0 Å². The molecule has 0 aliphatic carbocycles. The zero-order valence-electron chi connectivity index (χ0n) is 10.5. The summed E-state index contributed by atoms with van der Waals surface area (Å²) in [7, 11) is 0. The van der Waals surface area contributed by atoms with Crippen LogP contribution in [0.5, 0.6) is 11.5 Å². The van der Waals surface area contributed by atoms with Crippen molar-refractivity contribution < 1.29 is 14.6 Å². The van der Waals surface area contributed by atoms with Crippen LogP contribution in [0.1, 0.15) is 12.5 Å². The van der Waals surface area contributed by atoms with Crippen molar-refractivity contribution in [2.45, 2.75) is 6.92 Å². The number of benzene rings is 1. The Morgan fingerprint density at radius 1 is 1.65 bits per heavy atom. The first-order chi connectivity index (χ1) is 9.52. The minimum Gasteiger partial charge on any atom is -0.503 e. The number of nitrogens with zero attached hydrogens (tertiary/aromatic N) is 2. The number of carbonyl (C=O) groups is 1. The molecule has 1 aliphatic rings. The SMILES string of the molecule is CCOc1cc(/C=N\N2C(=O)CSC2=S)cc(Cl)c1O. The molecular weight excluding hydrogens is 320 g/mol. The Kier molecular flexibility index (Phi) is 4.85. The maximum absolute atomic E-state index is 11.5. The highest BCUT2D eigenvalue weighted by Crippen LogP contribution is 2.34. The molecule has 0 atom stereocenters. The Balaban J connectivity index is 2.25. The fourth-order valence-corrected chi connectivity index (χ4v) is 2.70. The van der Waals surface area contributed by atoms with Crippen LogP contribution in [0.2, 0.25) is 5.02 Å². The van der Waals surface area contributed by atoms with Crippen LogP contribution >= 0.6 is 35.6 Å². The van der Waals surface area contributed by atoms with Crippen LogP contribution in [0.3, 0.4) is 0 Å². The fraction of sp³-hybridized carbons (Fsp3) is 0.250. The monoisotopic (exact) mass is 330 g/mol. The summed E-state index contributed by atoms with van der Waals surface area (Å²) in [6, 6.07) is 3.12. The van der Waals surface area contributed by atoms with Gasteiger partial charge in [-0.1, -0.05) is 35.6 Å². The summed E-state index contributed by atoms with van der Waals surface area (Å²) in [6.45, 7) is 2.20. The standard InChI is InChI=1S/C12H11ClN2O3S2/c1-2-18-9-4-7(3-8(13)11(9)17)5-14-15-10(16)6-20-12(15)19/h3-5,17H,2,6H2,1H3/b14-5-. The van der Waals surface area contributed by atoms with Gasteiger partial charge in [-0.25, -0.2) is 0 Å². The van der Waals surface area contributed by atoms with Gasteiger partial charge < -0.3 is 9.84 Å². The molecule has 20 heavy (non-hydrogen) atoms. The van der Waals surface area contributed by atoms with Crippen molar-refractivity contribution in [1.82, 2.24) is 5.01 Å². The smallest absolute Gasteiger partial charge is 0.259 e. The van der Waals surface area contributed by atoms with Crippen LogP contribution in [0.4, 0.5) is 0 Å². The molecular formula is C12H11ClN2O3S2. The lowest BCUT2D eigenvalue weighted by Crippen LogP contribution is -2.22. The summed E-state index contributed by atoms with van der Waals surface area (Å²) in [5.41, 5.74) is 0.601. The normalized spacial score (nSPS) is 15.4. The van der Waals surface area contributed by atoms with Crippen molar-refractivity contribution in [2.24, 2.45) is 5.10 Å². The number of hydrazone groups is 1. The number of rotatable bonds is 4. The second-order valence-electron chi connectivity index (χ2n) is 3.79. The Bertz CT molecular complexity index is 576. The number of aromatic hydroxyl groups is 1. The molecule has 1 fully saturated rings. The lowest BCUT2D eigenvalue weighted by Gasteiger charge is -2.09. The van der Waals surface area contributed by atoms with E-state index in [4.69, 9.17) is 28.6 Å². The van der Waals surface area contributed by atoms with Gasteiger partial charge in [-0.3, -0.25) is 4.79 Å². The van der Waals surface area contributed by atoms with E-state index in [-0.39, 0.29) is 22.4 Å². The molecule has 0 aromatic heterocycles. The van der Waals surface area contributed by atoms with Gasteiger partial charge in [-0.2, -0.15) is 10.1 Å². The summed E-state index contributed by atoms with van der Waals surface area (Å²) < 4.78 is 5.68. The first-order valence-corrected chi connectivity index (χ1v) is 7.49. The molecule has 1 aromatic carbocycles. The van der Waals surface area contributed by atoms with Gasteiger partial charge in [0, 0.05) is 0 Å². The summed E-state index contributed by atoms with van der Waals surface area (Å²) in [5, 5.41) is 15.1. The highest BCUT2D eigenvalue weighted by Gasteiger charge is 2.26. The molecule has 1 N–H and O–H groups in total. The van der Waals surface area contributed by atoms with E-state index in [1.54, 1.807) is 13.0 Å². The van der Waals surface area contributed by atoms with Gasteiger partial charge in [0.15, 0.2) is 15.8 Å². The van der Waals surface area contributed by atoms with Crippen LogP contribution in [0.25, 0.3) is 0 Å². The number of ether oxygens (including phenoxy) is 1. The third kappa shape index (κ3) is 3.23. The molecule has 5 nitrogen and oxygen atoms in total. The third-order valence-corrected chi connectivity index (χ3v) is 4.03. The van der Waals surface area contributed by atoms with E-state index in [2.05, 4.69) is 5.10 Å². The molecule has 0 radical (unpaired) electrons. The van der Waals surface area contributed by atoms with Crippen LogP contribution in [-0.2, 0) is 4.79 Å². The molecule has 0 spiro atoms. The van der Waals surface area contributed by atoms with E-state index in [1.165, 1.54) is 29.1 Å². The predicted molar refractivity (Wildman–Crippen MR) is 83.8 cm³/mol. The first kappa shape index (κ1) is 15.1. The Morgan fingerprint density at radius 3 is 3.00 bits per heavy atom. The Labute approximate surface area is 130 Å². The lowest BCUT2D eigenvalue weighted by atomic mass is 10.2. The van der Waals surface area contributed by atoms with Gasteiger partial charge in [0.25, 0.3) is 5.91 Å². The number of hydrogen-bond donors (Lipinski definition) is 1. The first-order valence-electron chi connectivity index (χ1n) is 5.72. The second kappa shape index (κ2) is 6.43. The van der Waals surface area contributed by atoms with Gasteiger partial charge >= 0.3 is 0 Å². The Hall–Kier alpha value is -1.31. The third-order valence-electron chi connectivity index (χ3n) is 2.40. The van der Waals surface area contributed by atoms with E-state index in [1.807, 2.05) is 0 Å². The summed E-state index contributed by atoms with van der Waals surface area (Å²) in [6.07, 6.45) is 1.45. The van der Waals surface area contributed by atoms with Gasteiger partial charge in [0.2, 0.25) is 0 Å². The lowest BCUT2D eigenvalue weighted by molar-refractivity contribution is -0.123. The maximum Gasteiger partial charge on any atom is 0.259 e. The maximum atomic E-state index is 11.5. The molecule has 0 saturated carbocycles. The zero-order chi connectivity index (χ0) is 14.7. The van der Waals surface area contributed by atoms with E-state index in [0.29, 0.717) is 22.2 Å². The molecule has 0 unspecified atom stereocenters. The summed E-state index contributed by atoms with van der Waals surface area (Å²) >= 11 is 12.2. The van der Waals surface area contributed by atoms with Crippen LogP contribution < -0.4 is 4.74 Å². The van der Waals surface area contributed by atoms with Crippen LogP contribution in [0.15, 0.2) is 17.2 Å². The number of phenols is 1. The van der Waals surface area contributed by atoms with Gasteiger partial charge in [0.1, 0.15) is 0 Å². The summed E-state index contributed by atoms with van der Waals surface area (Å²) in [4.78, 5) is 11.5. The minimum absolute atomic E-state index is 0.117. The van der Waals surface area contributed by atoms with Crippen molar-refractivity contribution in [2.75, 3.05) is 12.4 Å². The number of thioether (sulfide) groups is 1. The van der Waals surface area contributed by atoms with Crippen LogP contribution in [-0.4, -0.2) is 38.9 Å². The summed E-state index contributed by atoms with van der Waals surface area (Å²) in [5.74, 6) is 0.294. The molecule has 1 amide bonds. The number of amides is 1. The molecule has 0 bridgehead atoms. The van der Waals surface area contributed by atoms with Gasteiger partial charge in [0.05, 0.1) is 23.6 Å². The fourth-order valence-electron chi connectivity index (χ4n) is 1.52. The minimum atomic E-state index is -0.161. The number of carbonyl (C=O) groups excluding carboxylic acids is 1. The highest BCUT2D eigenvalue weighted by molar-refractivity contribution is 8.23. The number of thiocarbonyl (C=S) groups is 1. The predicted octanol–water partition coefficient (Wildman–Crippen LogP) is 2.64. The molecule has 1 saturated heterocycles. The van der Waals surface area contributed by atoms with Crippen molar-refractivity contribution in [3.8, 4) is 11.5 Å². The number of phenolic OH excluding ortho intramolecular Hbond substituents is 1. The topological polar surface area (TPSA) is 62.1 Å². The molecule has 1 aromatic rings. The number of hydrogen-bond acceptors (Lipinski definition) is 6. The van der Waals surface area contributed by atoms with Gasteiger partial charge in [-0.05, 0) is 24.6 Å². The average molecular weight is 331 g/mol.